The summed E-state index contributed by atoms with van der Waals surface area (Å²) in [6.07, 6.45) is 4.35. The first kappa shape index (κ1) is 12.6. The lowest BCUT2D eigenvalue weighted by molar-refractivity contribution is 0.0757. The number of hydrogen-bond donors (Lipinski definition) is 0. The summed E-state index contributed by atoms with van der Waals surface area (Å²) in [4.78, 5) is 13.9. The van der Waals surface area contributed by atoms with Crippen molar-refractivity contribution in [3.05, 3.63) is 34.1 Å². The molecule has 0 spiro atoms. The zero-order valence-corrected chi connectivity index (χ0v) is 11.2. The molecule has 0 aromatic heterocycles. The lowest BCUT2D eigenvalue weighted by Gasteiger charge is -2.20. The average Bonchev–Trinajstić information content (AvgIpc) is 2.56. The van der Waals surface area contributed by atoms with Gasteiger partial charge in [-0.15, -0.1) is 0 Å². The van der Waals surface area contributed by atoms with Crippen molar-refractivity contribution in [2.24, 2.45) is 0 Å². The number of halogens is 2. The first-order chi connectivity index (χ1) is 8.18. The normalized spacial score (nSPS) is 16.7. The van der Waals surface area contributed by atoms with Crippen molar-refractivity contribution in [3.63, 3.8) is 0 Å². The number of nitrogens with zero attached hydrogens (tertiary/aromatic N) is 1. The Morgan fingerprint density at radius 1 is 1.18 bits per heavy atom. The van der Waals surface area contributed by atoms with Crippen molar-refractivity contribution in [2.75, 3.05) is 13.1 Å². The van der Waals surface area contributed by atoms with Gasteiger partial charge in [0, 0.05) is 17.6 Å². The van der Waals surface area contributed by atoms with Gasteiger partial charge in [0.25, 0.3) is 5.91 Å². The maximum atomic E-state index is 13.7. The summed E-state index contributed by atoms with van der Waals surface area (Å²) in [6, 6.07) is 4.59. The fourth-order valence-electron chi connectivity index (χ4n) is 2.11. The van der Waals surface area contributed by atoms with Gasteiger partial charge in [0.15, 0.2) is 0 Å². The van der Waals surface area contributed by atoms with Crippen LogP contribution in [-0.4, -0.2) is 23.9 Å². The molecule has 0 N–H and O–H groups in total. The number of carbonyl (C=O) groups is 1. The molecule has 1 heterocycles. The molecule has 92 valence electrons. The molecule has 1 aromatic rings. The van der Waals surface area contributed by atoms with Crippen LogP contribution < -0.4 is 0 Å². The second-order valence-corrected chi connectivity index (χ2v) is 5.25. The largest absolute Gasteiger partial charge is 0.339 e. The molecule has 2 nitrogen and oxygen atoms in total. The van der Waals surface area contributed by atoms with E-state index in [2.05, 4.69) is 15.9 Å². The Labute approximate surface area is 109 Å². The second kappa shape index (κ2) is 5.63. The highest BCUT2D eigenvalue weighted by molar-refractivity contribution is 9.10. The van der Waals surface area contributed by atoms with Gasteiger partial charge in [-0.05, 0) is 31.0 Å². The fraction of sp³-hybridized carbons (Fsp3) is 0.462. The minimum absolute atomic E-state index is 0.176. The quantitative estimate of drug-likeness (QED) is 0.776. The number of rotatable bonds is 1. The van der Waals surface area contributed by atoms with Gasteiger partial charge in [-0.2, -0.15) is 0 Å². The van der Waals surface area contributed by atoms with Crippen LogP contribution >= 0.6 is 15.9 Å². The molecular formula is C13H15BrFNO. The van der Waals surface area contributed by atoms with E-state index >= 15 is 0 Å². The minimum Gasteiger partial charge on any atom is -0.339 e. The zero-order valence-electron chi connectivity index (χ0n) is 9.59. The third-order valence-electron chi connectivity index (χ3n) is 3.05. The van der Waals surface area contributed by atoms with E-state index in [0.717, 1.165) is 38.8 Å². The van der Waals surface area contributed by atoms with Crippen LogP contribution in [0.25, 0.3) is 0 Å². The summed E-state index contributed by atoms with van der Waals surface area (Å²) in [5, 5.41) is 0. The number of carbonyl (C=O) groups excluding carboxylic acids is 1. The molecule has 1 aliphatic rings. The van der Waals surface area contributed by atoms with Gasteiger partial charge in [0.05, 0.1) is 5.56 Å². The minimum atomic E-state index is -0.450. The molecule has 0 unspecified atom stereocenters. The maximum Gasteiger partial charge on any atom is 0.256 e. The molecule has 17 heavy (non-hydrogen) atoms. The Morgan fingerprint density at radius 2 is 1.82 bits per heavy atom. The van der Waals surface area contributed by atoms with Crippen LogP contribution in [-0.2, 0) is 0 Å². The molecule has 1 aromatic carbocycles. The molecule has 0 bridgehead atoms. The second-order valence-electron chi connectivity index (χ2n) is 4.33. The topological polar surface area (TPSA) is 20.3 Å². The summed E-state index contributed by atoms with van der Waals surface area (Å²) in [5.74, 6) is -0.634. The molecule has 0 saturated carbocycles. The predicted octanol–water partition coefficient (Wildman–Crippen LogP) is 3.60. The molecule has 1 amide bonds. The zero-order chi connectivity index (χ0) is 12.3. The van der Waals surface area contributed by atoms with Crippen LogP contribution in [0.2, 0.25) is 0 Å². The fourth-order valence-corrected chi connectivity index (χ4v) is 2.44. The lowest BCUT2D eigenvalue weighted by atomic mass is 10.2. The Kier molecular flexibility index (Phi) is 4.15. The Morgan fingerprint density at radius 3 is 2.41 bits per heavy atom. The molecule has 2 rings (SSSR count). The molecular weight excluding hydrogens is 285 g/mol. The summed E-state index contributed by atoms with van der Waals surface area (Å²) < 4.78 is 14.3. The van der Waals surface area contributed by atoms with E-state index in [-0.39, 0.29) is 11.5 Å². The van der Waals surface area contributed by atoms with Crippen LogP contribution in [0.4, 0.5) is 4.39 Å². The van der Waals surface area contributed by atoms with E-state index < -0.39 is 5.82 Å². The Bertz CT molecular complexity index is 414. The summed E-state index contributed by atoms with van der Waals surface area (Å²) in [6.45, 7) is 1.49. The number of likely N-dealkylation sites (tertiary alicyclic amines) is 1. The Balaban J connectivity index is 2.17. The van der Waals surface area contributed by atoms with E-state index in [0.29, 0.717) is 4.47 Å². The van der Waals surface area contributed by atoms with Gasteiger partial charge in [-0.1, -0.05) is 28.8 Å². The van der Waals surface area contributed by atoms with Crippen molar-refractivity contribution in [2.45, 2.75) is 25.7 Å². The summed E-state index contributed by atoms with van der Waals surface area (Å²) in [5.41, 5.74) is 0.176. The van der Waals surface area contributed by atoms with Crippen molar-refractivity contribution < 1.29 is 9.18 Å². The first-order valence-corrected chi connectivity index (χ1v) is 6.72. The van der Waals surface area contributed by atoms with Crippen molar-refractivity contribution >= 4 is 21.8 Å². The van der Waals surface area contributed by atoms with Gasteiger partial charge in [-0.25, -0.2) is 4.39 Å². The molecule has 1 aliphatic heterocycles. The third kappa shape index (κ3) is 3.06. The maximum absolute atomic E-state index is 13.7. The number of benzene rings is 1. The highest BCUT2D eigenvalue weighted by atomic mass is 79.9. The summed E-state index contributed by atoms with van der Waals surface area (Å²) in [7, 11) is 0. The highest BCUT2D eigenvalue weighted by Gasteiger charge is 2.20. The van der Waals surface area contributed by atoms with Gasteiger partial charge in [0.2, 0.25) is 0 Å². The van der Waals surface area contributed by atoms with Gasteiger partial charge >= 0.3 is 0 Å². The molecule has 4 heteroatoms. The van der Waals surface area contributed by atoms with E-state index in [4.69, 9.17) is 0 Å². The Hall–Kier alpha value is -0.900. The first-order valence-electron chi connectivity index (χ1n) is 5.93. The monoisotopic (exact) mass is 299 g/mol. The van der Waals surface area contributed by atoms with E-state index in [1.54, 1.807) is 17.0 Å². The van der Waals surface area contributed by atoms with Crippen LogP contribution in [0.1, 0.15) is 36.0 Å². The molecule has 1 fully saturated rings. The van der Waals surface area contributed by atoms with Crippen LogP contribution in [0, 0.1) is 5.82 Å². The summed E-state index contributed by atoms with van der Waals surface area (Å²) >= 11 is 3.19. The van der Waals surface area contributed by atoms with Crippen LogP contribution in [0.5, 0.6) is 0 Å². The molecule has 0 aliphatic carbocycles. The van der Waals surface area contributed by atoms with Gasteiger partial charge in [0.1, 0.15) is 5.82 Å². The highest BCUT2D eigenvalue weighted by Crippen LogP contribution is 2.18. The number of amides is 1. The smallest absolute Gasteiger partial charge is 0.256 e. The van der Waals surface area contributed by atoms with E-state index in [1.807, 2.05) is 0 Å². The SMILES string of the molecule is O=C(c1ccc(Br)cc1F)N1CCCCCC1. The van der Waals surface area contributed by atoms with Crippen molar-refractivity contribution in [1.29, 1.82) is 0 Å². The molecule has 1 saturated heterocycles. The predicted molar refractivity (Wildman–Crippen MR) is 68.5 cm³/mol. The number of hydrogen-bond acceptors (Lipinski definition) is 1. The third-order valence-corrected chi connectivity index (χ3v) is 3.55. The lowest BCUT2D eigenvalue weighted by Crippen LogP contribution is -2.32. The molecule has 0 radical (unpaired) electrons. The standard InChI is InChI=1S/C13H15BrFNO/c14-10-5-6-11(12(15)9-10)13(17)16-7-3-1-2-4-8-16/h5-6,9H,1-4,7-8H2. The van der Waals surface area contributed by atoms with Crippen LogP contribution in [0.15, 0.2) is 22.7 Å². The average molecular weight is 300 g/mol. The molecule has 0 atom stereocenters. The van der Waals surface area contributed by atoms with Crippen molar-refractivity contribution in [3.8, 4) is 0 Å². The van der Waals surface area contributed by atoms with Crippen LogP contribution in [0.3, 0.4) is 0 Å². The van der Waals surface area contributed by atoms with Gasteiger partial charge in [-0.3, -0.25) is 4.79 Å². The van der Waals surface area contributed by atoms with E-state index in [9.17, 15) is 9.18 Å². The van der Waals surface area contributed by atoms with Gasteiger partial charge < -0.3 is 4.90 Å². The van der Waals surface area contributed by atoms with E-state index in [1.165, 1.54) is 6.07 Å². The van der Waals surface area contributed by atoms with Crippen molar-refractivity contribution in [1.82, 2.24) is 4.90 Å².